The molecule has 0 unspecified atom stereocenters. The van der Waals surface area contributed by atoms with Gasteiger partial charge in [0.05, 0.1) is 86.7 Å². The molecule has 484 valence electrons. The van der Waals surface area contributed by atoms with Crippen molar-refractivity contribution in [1.29, 1.82) is 0 Å². The molecule has 2 aromatic heterocycles. The van der Waals surface area contributed by atoms with E-state index in [9.17, 15) is 67.4 Å². The summed E-state index contributed by atoms with van der Waals surface area (Å²) >= 11 is 0. The number of aliphatic carboxylic acids is 2. The zero-order valence-electron chi connectivity index (χ0n) is 51.6. The van der Waals surface area contributed by atoms with Crippen molar-refractivity contribution in [2.45, 2.75) is 114 Å². The van der Waals surface area contributed by atoms with Crippen LogP contribution in [0.25, 0.3) is 44.8 Å². The number of methoxy groups -OCH3 is 4. The van der Waals surface area contributed by atoms with Crippen LogP contribution in [0.1, 0.15) is 108 Å². The van der Waals surface area contributed by atoms with Gasteiger partial charge in [-0.3, -0.25) is 9.59 Å². The topological polar surface area (TPSA) is 266 Å². The Bertz CT molecular complexity index is 3660. The van der Waals surface area contributed by atoms with E-state index in [1.165, 1.54) is 77.0 Å². The maximum atomic E-state index is 14.4. The third-order valence-corrected chi connectivity index (χ3v) is 16.1. The summed E-state index contributed by atoms with van der Waals surface area (Å²) in [5.74, 6) is -3.75. The van der Waals surface area contributed by atoms with Gasteiger partial charge >= 0.3 is 37.7 Å². The molecule has 2 heterocycles. The Kier molecular flexibility index (Phi) is 24.4. The predicted octanol–water partition coefficient (Wildman–Crippen LogP) is 9.40. The van der Waals surface area contributed by atoms with Crippen LogP contribution < -0.4 is 39.8 Å². The molecule has 0 radical (unpaired) electrons. The number of nitrogens with one attached hydrogen (secondary N) is 2. The number of carboxylic acid groups (broad SMARTS) is 2. The number of hydrogen-bond donors (Lipinski definition) is 6. The Hall–Kier alpha value is -8.22. The molecule has 0 bridgehead atoms. The molecule has 6 aromatic carbocycles. The molecule has 2 aliphatic carbocycles. The van der Waals surface area contributed by atoms with Gasteiger partial charge in [0, 0.05) is 84.4 Å². The number of carbonyl (C=O) groups excluding carboxylic acids is 4. The number of aliphatic hydroxyl groups excluding tert-OH is 4. The van der Waals surface area contributed by atoms with E-state index in [-0.39, 0.29) is 88.3 Å². The molecule has 10 rings (SSSR count). The Labute approximate surface area is 564 Å². The standard InChI is InChI=1S/2C35H36F2N2O7.Ca/c2*1-45-27-13-14-28(29(19-27)46-2)38-35(44)32-31(20-5-9-23(36)10-6-20)33(22-7-11-24(37)12-8-22)39(34(32)21-3-4-21)16-15-25(40)17-26(41)18-30(42)43;/h2*5-14,19,21,25-26,40-41H,3-4,15-18H2,1-2H3,(H,38,44)(H,42,43);/q;;+2/p-2/t2*25-,26-;/m11./s1. The first-order valence-corrected chi connectivity index (χ1v) is 29.9. The van der Waals surface area contributed by atoms with E-state index < -0.39 is 84.3 Å². The molecule has 18 nitrogen and oxygen atoms in total. The summed E-state index contributed by atoms with van der Waals surface area (Å²) in [6, 6.07) is 33.1. The molecule has 2 aliphatic rings. The van der Waals surface area contributed by atoms with Crippen LogP contribution in [0.4, 0.5) is 28.9 Å². The third kappa shape index (κ3) is 17.7. The molecule has 4 atom stereocenters. The fourth-order valence-corrected chi connectivity index (χ4v) is 11.5. The zero-order chi connectivity index (χ0) is 65.9. The number of aliphatic hydroxyl groups is 4. The van der Waals surface area contributed by atoms with E-state index in [4.69, 9.17) is 18.9 Å². The monoisotopic (exact) mass is 1310 g/mol. The number of aromatic nitrogens is 2. The summed E-state index contributed by atoms with van der Waals surface area (Å²) in [7, 11) is 5.99. The maximum absolute atomic E-state index is 14.4. The van der Waals surface area contributed by atoms with Crippen molar-refractivity contribution in [3.05, 3.63) is 179 Å². The summed E-state index contributed by atoms with van der Waals surface area (Å²) in [5, 5.41) is 69.5. The number of carboxylic acids is 2. The number of rotatable bonds is 28. The first-order chi connectivity index (χ1) is 44.2. The van der Waals surface area contributed by atoms with Gasteiger partial charge in [0.1, 0.15) is 46.3 Å². The normalized spacial score (nSPS) is 13.9. The zero-order valence-corrected chi connectivity index (χ0v) is 53.8. The van der Waals surface area contributed by atoms with Crippen LogP contribution in [0.2, 0.25) is 0 Å². The van der Waals surface area contributed by atoms with Gasteiger partial charge in [0.2, 0.25) is 0 Å². The van der Waals surface area contributed by atoms with Crippen LogP contribution in [0.5, 0.6) is 23.0 Å². The third-order valence-electron chi connectivity index (χ3n) is 16.1. The predicted molar refractivity (Wildman–Crippen MR) is 337 cm³/mol. The molecule has 0 aliphatic heterocycles. The van der Waals surface area contributed by atoms with Crippen LogP contribution in [-0.4, -0.2) is 144 Å². The van der Waals surface area contributed by atoms with E-state index in [1.807, 2.05) is 9.13 Å². The number of ether oxygens (including phenoxy) is 4. The van der Waals surface area contributed by atoms with Crippen LogP contribution in [-0.2, 0) is 22.7 Å². The van der Waals surface area contributed by atoms with Gasteiger partial charge in [-0.15, -0.1) is 0 Å². The molecule has 0 saturated heterocycles. The van der Waals surface area contributed by atoms with Gasteiger partial charge in [-0.1, -0.05) is 24.3 Å². The molecule has 2 fully saturated rings. The first kappa shape index (κ1) is 70.6. The number of benzene rings is 6. The van der Waals surface area contributed by atoms with E-state index in [0.717, 1.165) is 25.7 Å². The van der Waals surface area contributed by atoms with Gasteiger partial charge in [-0.05, 0) is 171 Å². The quantitative estimate of drug-likeness (QED) is 0.0197. The second-order valence-corrected chi connectivity index (χ2v) is 22.7. The summed E-state index contributed by atoms with van der Waals surface area (Å²) < 4.78 is 82.0. The maximum Gasteiger partial charge on any atom is 2.00 e. The minimum absolute atomic E-state index is 0. The number of amides is 2. The minimum Gasteiger partial charge on any atom is -0.550 e. The number of nitrogens with zero attached hydrogens (tertiary/aromatic N) is 2. The van der Waals surface area contributed by atoms with Crippen molar-refractivity contribution >= 4 is 72.9 Å². The molecular weight excluding hydrogens is 1240 g/mol. The van der Waals surface area contributed by atoms with Gasteiger partial charge < -0.3 is 78.9 Å². The Morgan fingerprint density at radius 2 is 0.785 bits per heavy atom. The van der Waals surface area contributed by atoms with Crippen molar-refractivity contribution in [2.24, 2.45) is 0 Å². The van der Waals surface area contributed by atoms with E-state index in [2.05, 4.69) is 10.6 Å². The van der Waals surface area contributed by atoms with Crippen LogP contribution in [0.3, 0.4) is 0 Å². The molecule has 2 amide bonds. The fraction of sp³-hybridized carbons (Fsp3) is 0.314. The van der Waals surface area contributed by atoms with Gasteiger partial charge in [-0.25, -0.2) is 17.6 Å². The smallest absolute Gasteiger partial charge is 0.550 e. The summed E-state index contributed by atoms with van der Waals surface area (Å²) in [6.45, 7) is 0.371. The number of carbonyl (C=O) groups is 4. The average Bonchev–Trinajstić information content (AvgIpc) is 1.58. The number of hydrogen-bond acceptors (Lipinski definition) is 14. The fourth-order valence-electron chi connectivity index (χ4n) is 11.5. The SMILES string of the molecule is COc1ccc(NC(=O)c2c(-c3ccc(F)cc3)c(-c3ccc(F)cc3)n(CC[C@@H](O)C[C@@H](O)CC(=O)[O-])c2C2CC2)c(OC)c1.COc1ccc(NC(=O)c2c(-c3ccc(F)cc3)c(-c3ccc(F)cc3)n(CC[C@@H](O)C[C@@H](O)CC(=O)[O-])c2C2CC2)c(OC)c1.[Ca+2]. The molecule has 6 N–H and O–H groups in total. The van der Waals surface area contributed by atoms with Gasteiger partial charge in [0.25, 0.3) is 11.8 Å². The molecule has 2 saturated carbocycles. The summed E-state index contributed by atoms with van der Waals surface area (Å²) in [5.41, 5.74) is 7.33. The van der Waals surface area contributed by atoms with Crippen molar-refractivity contribution in [3.63, 3.8) is 0 Å². The van der Waals surface area contributed by atoms with Gasteiger partial charge in [-0.2, -0.15) is 0 Å². The molecule has 23 heteroatoms. The van der Waals surface area contributed by atoms with Crippen molar-refractivity contribution < 1.29 is 86.3 Å². The first-order valence-electron chi connectivity index (χ1n) is 29.9. The number of halogens is 4. The second-order valence-electron chi connectivity index (χ2n) is 22.7. The average molecular weight is 1310 g/mol. The Morgan fingerprint density at radius 1 is 0.473 bits per heavy atom. The number of anilines is 2. The molecular formula is C70H70CaF4N4O14. The minimum atomic E-state index is -1.42. The second kappa shape index (κ2) is 32.1. The summed E-state index contributed by atoms with van der Waals surface area (Å²) in [4.78, 5) is 50.7. The van der Waals surface area contributed by atoms with Crippen molar-refractivity contribution in [2.75, 3.05) is 39.1 Å². The molecule has 93 heavy (non-hydrogen) atoms. The molecule has 0 spiro atoms. The van der Waals surface area contributed by atoms with E-state index in [0.29, 0.717) is 102 Å². The van der Waals surface area contributed by atoms with Crippen LogP contribution in [0.15, 0.2) is 133 Å². The van der Waals surface area contributed by atoms with Crippen molar-refractivity contribution in [1.82, 2.24) is 9.13 Å². The van der Waals surface area contributed by atoms with Crippen molar-refractivity contribution in [3.8, 4) is 67.8 Å². The largest absolute Gasteiger partial charge is 2.00 e. The Balaban J connectivity index is 0.000000236. The van der Waals surface area contributed by atoms with Crippen LogP contribution >= 0.6 is 0 Å². The molecule has 8 aromatic rings. The van der Waals surface area contributed by atoms with E-state index in [1.54, 1.807) is 84.9 Å². The van der Waals surface area contributed by atoms with E-state index >= 15 is 0 Å². The summed E-state index contributed by atoms with van der Waals surface area (Å²) in [6.07, 6.45) is -2.88. The Morgan fingerprint density at radius 3 is 1.06 bits per heavy atom. The van der Waals surface area contributed by atoms with Crippen LogP contribution in [0, 0.1) is 23.3 Å². The van der Waals surface area contributed by atoms with Gasteiger partial charge in [0.15, 0.2) is 0 Å².